The van der Waals surface area contributed by atoms with E-state index in [1.54, 1.807) is 0 Å². The number of aliphatic hydroxyl groups excluding tert-OH is 1. The van der Waals surface area contributed by atoms with E-state index in [1.807, 2.05) is 0 Å². The lowest BCUT2D eigenvalue weighted by Crippen LogP contribution is -2.24. The predicted octanol–water partition coefficient (Wildman–Crippen LogP) is 5.49. The zero-order valence-corrected chi connectivity index (χ0v) is 20.6. The van der Waals surface area contributed by atoms with Crippen LogP contribution in [0.25, 0.3) is 0 Å². The van der Waals surface area contributed by atoms with Crippen molar-refractivity contribution < 1.29 is 28.3 Å². The van der Waals surface area contributed by atoms with Gasteiger partial charge in [-0.05, 0) is 32.1 Å². The van der Waals surface area contributed by atoms with Gasteiger partial charge in [0.2, 0.25) is 0 Å². The summed E-state index contributed by atoms with van der Waals surface area (Å²) in [7, 11) is -4.13. The maximum atomic E-state index is 11.5. The molecule has 0 rings (SSSR count). The Morgan fingerprint density at radius 2 is 1.39 bits per heavy atom. The van der Waals surface area contributed by atoms with Crippen LogP contribution in [-0.4, -0.2) is 49.1 Å². The molecule has 0 aromatic heterocycles. The van der Waals surface area contributed by atoms with E-state index in [9.17, 15) is 14.6 Å². The lowest BCUT2D eigenvalue weighted by atomic mass is 10.1. The Morgan fingerprint density at radius 3 is 1.94 bits per heavy atom. The summed E-state index contributed by atoms with van der Waals surface area (Å²) in [5.74, 6) is 0. The summed E-state index contributed by atoms with van der Waals surface area (Å²) < 4.78 is 26.5. The number of hydrogen-bond acceptors (Lipinski definition) is 6. The molecule has 0 aliphatic heterocycles. The Morgan fingerprint density at radius 1 is 0.839 bits per heavy atom. The molecule has 2 atom stereocenters. The van der Waals surface area contributed by atoms with Crippen LogP contribution < -0.4 is 5.73 Å². The smallest absolute Gasteiger partial charge is 0.394 e. The van der Waals surface area contributed by atoms with Crippen LogP contribution in [0.15, 0.2) is 12.2 Å². The predicted molar refractivity (Wildman–Crippen MR) is 127 cm³/mol. The van der Waals surface area contributed by atoms with Gasteiger partial charge in [0.1, 0.15) is 6.10 Å². The van der Waals surface area contributed by atoms with Crippen LogP contribution >= 0.6 is 7.82 Å². The molecular formula is C23H48NO6P. The summed E-state index contributed by atoms with van der Waals surface area (Å²) in [5, 5.41) is 9.29. The highest BCUT2D eigenvalue weighted by Crippen LogP contribution is 2.42. The van der Waals surface area contributed by atoms with Crippen molar-refractivity contribution in [1.29, 1.82) is 0 Å². The average Bonchev–Trinajstić information content (AvgIpc) is 2.76. The molecule has 1 unspecified atom stereocenters. The Labute approximate surface area is 190 Å². The van der Waals surface area contributed by atoms with Gasteiger partial charge < -0.3 is 20.5 Å². The third-order valence-electron chi connectivity index (χ3n) is 5.01. The largest absolute Gasteiger partial charge is 0.472 e. The van der Waals surface area contributed by atoms with E-state index in [0.717, 1.165) is 12.8 Å². The van der Waals surface area contributed by atoms with Crippen LogP contribution in [-0.2, 0) is 18.3 Å². The van der Waals surface area contributed by atoms with E-state index < -0.39 is 13.9 Å². The van der Waals surface area contributed by atoms with Gasteiger partial charge >= 0.3 is 7.82 Å². The molecule has 0 aliphatic carbocycles. The van der Waals surface area contributed by atoms with Crippen molar-refractivity contribution in [1.82, 2.24) is 0 Å². The van der Waals surface area contributed by atoms with E-state index in [4.69, 9.17) is 15.0 Å². The quantitative estimate of drug-likeness (QED) is 0.0981. The van der Waals surface area contributed by atoms with Gasteiger partial charge in [-0.1, -0.05) is 76.9 Å². The third kappa shape index (κ3) is 22.7. The zero-order chi connectivity index (χ0) is 23.0. The minimum absolute atomic E-state index is 0.0616. The Kier molecular flexibility index (Phi) is 22.7. The van der Waals surface area contributed by atoms with Gasteiger partial charge in [0.05, 0.1) is 19.8 Å². The normalized spacial score (nSPS) is 14.8. The van der Waals surface area contributed by atoms with Crippen LogP contribution in [0.5, 0.6) is 0 Å². The van der Waals surface area contributed by atoms with Gasteiger partial charge in [0, 0.05) is 13.2 Å². The highest BCUT2D eigenvalue weighted by atomic mass is 31.2. The summed E-state index contributed by atoms with van der Waals surface area (Å²) in [4.78, 5) is 9.42. The van der Waals surface area contributed by atoms with E-state index in [-0.39, 0.29) is 26.4 Å². The molecule has 31 heavy (non-hydrogen) atoms. The van der Waals surface area contributed by atoms with Gasteiger partial charge in [-0.2, -0.15) is 0 Å². The number of hydrogen-bond donors (Lipinski definition) is 3. The number of unbranched alkanes of at least 4 members (excludes halogenated alkanes) is 12. The fraction of sp³-hybridized carbons (Fsp3) is 0.913. The molecule has 0 bridgehead atoms. The molecule has 4 N–H and O–H groups in total. The number of aliphatic hydroxyl groups is 1. The van der Waals surface area contributed by atoms with Gasteiger partial charge in [-0.3, -0.25) is 9.05 Å². The molecule has 0 saturated heterocycles. The lowest BCUT2D eigenvalue weighted by Gasteiger charge is -2.17. The number of ether oxygens (including phenoxy) is 1. The van der Waals surface area contributed by atoms with Crippen molar-refractivity contribution in [2.24, 2.45) is 5.73 Å². The number of nitrogens with two attached hydrogens (primary N) is 1. The van der Waals surface area contributed by atoms with Crippen molar-refractivity contribution in [2.45, 2.75) is 103 Å². The van der Waals surface area contributed by atoms with Gasteiger partial charge in [-0.25, -0.2) is 4.57 Å². The Bertz CT molecular complexity index is 450. The van der Waals surface area contributed by atoms with E-state index >= 15 is 0 Å². The Hall–Kier alpha value is -0.270. The van der Waals surface area contributed by atoms with E-state index in [2.05, 4.69) is 23.6 Å². The maximum Gasteiger partial charge on any atom is 0.472 e. The average molecular weight is 466 g/mol. The molecule has 0 saturated carbocycles. The number of rotatable bonds is 24. The van der Waals surface area contributed by atoms with E-state index in [0.29, 0.717) is 6.61 Å². The summed E-state index contributed by atoms with van der Waals surface area (Å²) in [6.45, 7) is 2.35. The first-order valence-electron chi connectivity index (χ1n) is 12.2. The molecule has 186 valence electrons. The number of phosphoric ester groups is 1. The van der Waals surface area contributed by atoms with Crippen LogP contribution in [0.2, 0.25) is 0 Å². The third-order valence-corrected chi connectivity index (χ3v) is 5.99. The van der Waals surface area contributed by atoms with Gasteiger partial charge in [0.15, 0.2) is 0 Å². The molecule has 0 radical (unpaired) electrons. The Balaban J connectivity index is 3.46. The first-order chi connectivity index (χ1) is 15.1. The van der Waals surface area contributed by atoms with Crippen molar-refractivity contribution >= 4 is 7.82 Å². The van der Waals surface area contributed by atoms with Crippen molar-refractivity contribution in [3.8, 4) is 0 Å². The van der Waals surface area contributed by atoms with Crippen LogP contribution in [0.4, 0.5) is 0 Å². The first-order valence-corrected chi connectivity index (χ1v) is 13.7. The van der Waals surface area contributed by atoms with Crippen LogP contribution in [0.3, 0.4) is 0 Å². The fourth-order valence-corrected chi connectivity index (χ4v) is 3.90. The second-order valence-electron chi connectivity index (χ2n) is 8.00. The molecule has 0 aromatic rings. The highest BCUT2D eigenvalue weighted by Gasteiger charge is 2.23. The second-order valence-corrected chi connectivity index (χ2v) is 9.45. The molecule has 8 heteroatoms. The summed E-state index contributed by atoms with van der Waals surface area (Å²) in [6.07, 6.45) is 21.5. The standard InChI is InChI=1S/C23H48NO6P/c1-2-3-4-5-6-7-8-9-10-11-12-13-14-15-16-17-19-28-23(21-25)22-30-31(26,27)29-20-18-24/h9-10,23,25H,2-8,11-22,24H2,1H3,(H,26,27)/t23-/m0/s1. The molecule has 0 aromatic carbocycles. The highest BCUT2D eigenvalue weighted by molar-refractivity contribution is 7.47. The topological polar surface area (TPSA) is 111 Å². The first kappa shape index (κ1) is 30.7. The molecule has 7 nitrogen and oxygen atoms in total. The summed E-state index contributed by atoms with van der Waals surface area (Å²) in [5.41, 5.74) is 5.21. The number of phosphoric acid groups is 1. The minimum Gasteiger partial charge on any atom is -0.394 e. The fourth-order valence-electron chi connectivity index (χ4n) is 3.14. The van der Waals surface area contributed by atoms with Crippen molar-refractivity contribution in [3.63, 3.8) is 0 Å². The van der Waals surface area contributed by atoms with Crippen LogP contribution in [0, 0.1) is 0 Å². The van der Waals surface area contributed by atoms with Gasteiger partial charge in [-0.15, -0.1) is 0 Å². The molecule has 0 fully saturated rings. The van der Waals surface area contributed by atoms with Gasteiger partial charge in [0.25, 0.3) is 0 Å². The molecule has 0 heterocycles. The molecule has 0 amide bonds. The molecular weight excluding hydrogens is 417 g/mol. The van der Waals surface area contributed by atoms with Crippen LogP contribution in [0.1, 0.15) is 96.8 Å². The summed E-state index contributed by atoms with van der Waals surface area (Å²) in [6, 6.07) is 0. The second kappa shape index (κ2) is 22.9. The SMILES string of the molecule is CCCCCCCCC=CCCCCCCCCO[C@@H](CO)COP(=O)(O)OCCN. The lowest BCUT2D eigenvalue weighted by molar-refractivity contribution is -0.0224. The van der Waals surface area contributed by atoms with E-state index in [1.165, 1.54) is 77.0 Å². The molecule has 0 aliphatic rings. The molecule has 0 spiro atoms. The summed E-state index contributed by atoms with van der Waals surface area (Å²) >= 11 is 0. The zero-order valence-electron chi connectivity index (χ0n) is 19.7. The minimum atomic E-state index is -4.13. The monoisotopic (exact) mass is 465 g/mol. The van der Waals surface area contributed by atoms with Crippen molar-refractivity contribution in [3.05, 3.63) is 12.2 Å². The maximum absolute atomic E-state index is 11.5. The van der Waals surface area contributed by atoms with Crippen molar-refractivity contribution in [2.75, 3.05) is 33.0 Å². The number of allylic oxidation sites excluding steroid dienone is 2.